The molecule has 0 unspecified atom stereocenters. The van der Waals surface area contributed by atoms with E-state index < -0.39 is 0 Å². The van der Waals surface area contributed by atoms with Gasteiger partial charge in [-0.3, -0.25) is 9.78 Å². The van der Waals surface area contributed by atoms with Gasteiger partial charge in [0.2, 0.25) is 0 Å². The van der Waals surface area contributed by atoms with E-state index in [0.29, 0.717) is 10.6 Å². The van der Waals surface area contributed by atoms with Gasteiger partial charge in [0.05, 0.1) is 11.4 Å². The van der Waals surface area contributed by atoms with Gasteiger partial charge in [-0.25, -0.2) is 4.98 Å². The van der Waals surface area contributed by atoms with Gasteiger partial charge in [-0.05, 0) is 49.2 Å². The van der Waals surface area contributed by atoms with Gasteiger partial charge in [0, 0.05) is 29.0 Å². The first kappa shape index (κ1) is 17.2. The molecule has 3 heterocycles. The van der Waals surface area contributed by atoms with Crippen LogP contribution in [0.15, 0.2) is 54.9 Å². The van der Waals surface area contributed by atoms with Crippen LogP contribution in [-0.4, -0.2) is 15.9 Å². The van der Waals surface area contributed by atoms with Crippen molar-refractivity contribution in [2.75, 3.05) is 11.1 Å². The Morgan fingerprint density at radius 1 is 1.04 bits per heavy atom. The highest BCUT2D eigenvalue weighted by Crippen LogP contribution is 2.35. The van der Waals surface area contributed by atoms with E-state index in [0.717, 1.165) is 38.3 Å². The van der Waals surface area contributed by atoms with Crippen molar-refractivity contribution in [1.29, 1.82) is 0 Å². The van der Waals surface area contributed by atoms with E-state index in [-0.39, 0.29) is 5.91 Å². The Balaban J connectivity index is 1.72. The fourth-order valence-corrected chi connectivity index (χ4v) is 4.02. The van der Waals surface area contributed by atoms with Crippen LogP contribution < -0.4 is 11.1 Å². The van der Waals surface area contributed by atoms with E-state index in [1.54, 1.807) is 12.4 Å². The highest BCUT2D eigenvalue weighted by Gasteiger charge is 2.19. The van der Waals surface area contributed by atoms with Gasteiger partial charge in [-0.2, -0.15) is 0 Å². The van der Waals surface area contributed by atoms with Gasteiger partial charge in [0.1, 0.15) is 9.71 Å². The molecule has 5 nitrogen and oxygen atoms in total. The first-order valence-electron chi connectivity index (χ1n) is 8.51. The van der Waals surface area contributed by atoms with Crippen LogP contribution >= 0.6 is 11.3 Å². The number of nitrogen functional groups attached to an aromatic ring is 1. The zero-order valence-electron chi connectivity index (χ0n) is 15.0. The molecule has 0 fully saturated rings. The Kier molecular flexibility index (Phi) is 4.33. The molecule has 0 saturated heterocycles. The molecule has 0 atom stereocenters. The standard InChI is InChI=1S/C21H18N4OS/c1-12-4-3-5-13(2)18(12)25-20(26)19-17(22)15-6-7-16(24-21(15)27-19)14-8-10-23-11-9-14/h3-11H,22H2,1-2H3,(H,25,26). The number of rotatable bonds is 3. The lowest BCUT2D eigenvalue weighted by Crippen LogP contribution is -2.13. The topological polar surface area (TPSA) is 80.9 Å². The van der Waals surface area contributed by atoms with Crippen LogP contribution in [0.25, 0.3) is 21.5 Å². The van der Waals surface area contributed by atoms with Crippen molar-refractivity contribution in [2.24, 2.45) is 0 Å². The lowest BCUT2D eigenvalue weighted by Gasteiger charge is -2.10. The number of hydrogen-bond acceptors (Lipinski definition) is 5. The molecule has 3 aromatic heterocycles. The third kappa shape index (κ3) is 3.15. The largest absolute Gasteiger partial charge is 0.397 e. The lowest BCUT2D eigenvalue weighted by atomic mass is 10.1. The number of benzene rings is 1. The van der Waals surface area contributed by atoms with Crippen LogP contribution in [0.1, 0.15) is 20.8 Å². The zero-order chi connectivity index (χ0) is 19.0. The summed E-state index contributed by atoms with van der Waals surface area (Å²) in [6, 6.07) is 13.5. The number of aromatic nitrogens is 2. The molecular weight excluding hydrogens is 356 g/mol. The molecule has 0 aliphatic carbocycles. The molecular formula is C21H18N4OS. The minimum absolute atomic E-state index is 0.210. The molecule has 0 saturated carbocycles. The number of para-hydroxylation sites is 1. The highest BCUT2D eigenvalue weighted by atomic mass is 32.1. The summed E-state index contributed by atoms with van der Waals surface area (Å²) in [7, 11) is 0. The summed E-state index contributed by atoms with van der Waals surface area (Å²) in [6.07, 6.45) is 3.46. The molecule has 6 heteroatoms. The number of pyridine rings is 2. The summed E-state index contributed by atoms with van der Waals surface area (Å²) < 4.78 is 0. The summed E-state index contributed by atoms with van der Waals surface area (Å²) in [4.78, 5) is 22.8. The normalized spacial score (nSPS) is 10.9. The maximum Gasteiger partial charge on any atom is 0.267 e. The minimum Gasteiger partial charge on any atom is -0.397 e. The number of carbonyl (C=O) groups excluding carboxylic acids is 1. The second-order valence-corrected chi connectivity index (χ2v) is 7.35. The van der Waals surface area contributed by atoms with E-state index in [1.807, 2.05) is 56.3 Å². The van der Waals surface area contributed by atoms with Gasteiger partial charge in [-0.15, -0.1) is 11.3 Å². The maximum absolute atomic E-state index is 12.8. The van der Waals surface area contributed by atoms with E-state index in [9.17, 15) is 4.79 Å². The van der Waals surface area contributed by atoms with Crippen molar-refractivity contribution in [3.63, 3.8) is 0 Å². The van der Waals surface area contributed by atoms with Gasteiger partial charge >= 0.3 is 0 Å². The molecule has 1 amide bonds. The van der Waals surface area contributed by atoms with Crippen LogP contribution in [0.4, 0.5) is 11.4 Å². The number of nitrogens with one attached hydrogen (secondary N) is 1. The van der Waals surface area contributed by atoms with Gasteiger partial charge in [0.25, 0.3) is 5.91 Å². The van der Waals surface area contributed by atoms with Crippen molar-refractivity contribution in [3.05, 3.63) is 70.9 Å². The van der Waals surface area contributed by atoms with E-state index >= 15 is 0 Å². The molecule has 0 spiro atoms. The first-order valence-corrected chi connectivity index (χ1v) is 9.33. The van der Waals surface area contributed by atoms with Crippen molar-refractivity contribution in [3.8, 4) is 11.3 Å². The summed E-state index contributed by atoms with van der Waals surface area (Å²) in [5, 5.41) is 3.79. The second kappa shape index (κ2) is 6.81. The van der Waals surface area contributed by atoms with E-state index in [4.69, 9.17) is 5.73 Å². The van der Waals surface area contributed by atoms with Gasteiger partial charge < -0.3 is 11.1 Å². The third-order valence-corrected chi connectivity index (χ3v) is 5.61. The predicted molar refractivity (Wildman–Crippen MR) is 111 cm³/mol. The lowest BCUT2D eigenvalue weighted by molar-refractivity contribution is 0.103. The quantitative estimate of drug-likeness (QED) is 0.539. The molecule has 0 bridgehead atoms. The number of anilines is 2. The summed E-state index contributed by atoms with van der Waals surface area (Å²) in [5.41, 5.74) is 11.4. The fourth-order valence-electron chi connectivity index (χ4n) is 3.03. The van der Waals surface area contributed by atoms with Gasteiger partial charge in [0.15, 0.2) is 0 Å². The molecule has 0 aliphatic rings. The minimum atomic E-state index is -0.210. The summed E-state index contributed by atoms with van der Waals surface area (Å²) >= 11 is 1.31. The van der Waals surface area contributed by atoms with Crippen molar-refractivity contribution in [1.82, 2.24) is 9.97 Å². The molecule has 0 aliphatic heterocycles. The number of nitrogens with two attached hydrogens (primary N) is 1. The monoisotopic (exact) mass is 374 g/mol. The van der Waals surface area contributed by atoms with Crippen LogP contribution in [0, 0.1) is 13.8 Å². The summed E-state index contributed by atoms with van der Waals surface area (Å²) in [5.74, 6) is -0.210. The Morgan fingerprint density at radius 2 is 1.74 bits per heavy atom. The number of aryl methyl sites for hydroxylation is 2. The molecule has 3 N–H and O–H groups in total. The highest BCUT2D eigenvalue weighted by molar-refractivity contribution is 7.21. The molecule has 0 radical (unpaired) electrons. The van der Waals surface area contributed by atoms with Crippen LogP contribution in [0.3, 0.4) is 0 Å². The number of amides is 1. The molecule has 4 aromatic rings. The Hall–Kier alpha value is -3.25. The van der Waals surface area contributed by atoms with Crippen molar-refractivity contribution in [2.45, 2.75) is 13.8 Å². The molecule has 4 rings (SSSR count). The Bertz CT molecular complexity index is 1130. The number of hydrogen-bond donors (Lipinski definition) is 2. The first-order chi connectivity index (χ1) is 13.0. The van der Waals surface area contributed by atoms with Gasteiger partial charge in [-0.1, -0.05) is 18.2 Å². The van der Waals surface area contributed by atoms with Crippen LogP contribution in [0.2, 0.25) is 0 Å². The van der Waals surface area contributed by atoms with Crippen LogP contribution in [0.5, 0.6) is 0 Å². The average molecular weight is 374 g/mol. The molecule has 1 aromatic carbocycles. The smallest absolute Gasteiger partial charge is 0.267 e. The van der Waals surface area contributed by atoms with E-state index in [1.165, 1.54) is 11.3 Å². The zero-order valence-corrected chi connectivity index (χ0v) is 15.8. The predicted octanol–water partition coefficient (Wildman–Crippen LogP) is 4.81. The number of fused-ring (bicyclic) bond motifs is 1. The number of nitrogens with zero attached hydrogens (tertiary/aromatic N) is 2. The fraction of sp³-hybridized carbons (Fsp3) is 0.0952. The Morgan fingerprint density at radius 3 is 2.44 bits per heavy atom. The Labute approximate surface area is 160 Å². The average Bonchev–Trinajstić information content (AvgIpc) is 3.01. The maximum atomic E-state index is 12.8. The second-order valence-electron chi connectivity index (χ2n) is 6.35. The van der Waals surface area contributed by atoms with Crippen molar-refractivity contribution >= 4 is 38.8 Å². The number of carbonyl (C=O) groups is 1. The SMILES string of the molecule is Cc1cccc(C)c1NC(=O)c1sc2nc(-c3ccncc3)ccc2c1N. The van der Waals surface area contributed by atoms with Crippen LogP contribution in [-0.2, 0) is 0 Å². The third-order valence-electron chi connectivity index (χ3n) is 4.50. The molecule has 27 heavy (non-hydrogen) atoms. The number of thiophene rings is 1. The van der Waals surface area contributed by atoms with E-state index in [2.05, 4.69) is 15.3 Å². The van der Waals surface area contributed by atoms with Crippen molar-refractivity contribution < 1.29 is 4.79 Å². The summed E-state index contributed by atoms with van der Waals surface area (Å²) in [6.45, 7) is 3.94. The molecule has 134 valence electrons.